The molecule has 0 spiro atoms. The predicted molar refractivity (Wildman–Crippen MR) is 94.8 cm³/mol. The highest BCUT2D eigenvalue weighted by atomic mass is 16.6. The van der Waals surface area contributed by atoms with E-state index in [2.05, 4.69) is 15.2 Å². The zero-order valence-corrected chi connectivity index (χ0v) is 15.4. The van der Waals surface area contributed by atoms with Gasteiger partial charge in [0, 0.05) is 25.3 Å². The number of pyridine rings is 1. The Kier molecular flexibility index (Phi) is 6.22. The number of hydrogen-bond donors (Lipinski definition) is 1. The average molecular weight is 349 g/mol. The van der Waals surface area contributed by atoms with Crippen LogP contribution in [0.2, 0.25) is 0 Å². The van der Waals surface area contributed by atoms with Gasteiger partial charge in [-0.25, -0.2) is 14.6 Å². The molecule has 1 aliphatic rings. The molecule has 7 nitrogen and oxygen atoms in total. The SMILES string of the molecule is CCOC(=O)c1ccnc(N2CCC(NC(=O)OC(C)(C)C)CC2)c1. The minimum Gasteiger partial charge on any atom is -0.462 e. The van der Waals surface area contributed by atoms with E-state index in [4.69, 9.17) is 9.47 Å². The lowest BCUT2D eigenvalue weighted by atomic mass is 10.1. The highest BCUT2D eigenvalue weighted by Crippen LogP contribution is 2.19. The molecule has 0 radical (unpaired) electrons. The normalized spacial score (nSPS) is 15.6. The molecule has 1 aromatic rings. The van der Waals surface area contributed by atoms with Gasteiger partial charge in [-0.2, -0.15) is 0 Å². The Morgan fingerprint density at radius 3 is 2.60 bits per heavy atom. The number of carbonyl (C=O) groups is 2. The minimum atomic E-state index is -0.498. The third kappa shape index (κ3) is 5.92. The van der Waals surface area contributed by atoms with Gasteiger partial charge in [0.1, 0.15) is 11.4 Å². The number of ether oxygens (including phenoxy) is 2. The first-order valence-electron chi connectivity index (χ1n) is 8.66. The van der Waals surface area contributed by atoms with Gasteiger partial charge >= 0.3 is 12.1 Å². The molecule has 138 valence electrons. The molecule has 2 heterocycles. The summed E-state index contributed by atoms with van der Waals surface area (Å²) in [5.41, 5.74) is 0.00301. The summed E-state index contributed by atoms with van der Waals surface area (Å²) in [4.78, 5) is 30.1. The number of anilines is 1. The number of hydrogen-bond acceptors (Lipinski definition) is 6. The van der Waals surface area contributed by atoms with Crippen LogP contribution >= 0.6 is 0 Å². The van der Waals surface area contributed by atoms with Crippen molar-refractivity contribution in [2.75, 3.05) is 24.6 Å². The van der Waals surface area contributed by atoms with Gasteiger partial charge in [-0.05, 0) is 52.7 Å². The quantitative estimate of drug-likeness (QED) is 0.842. The van der Waals surface area contributed by atoms with Crippen molar-refractivity contribution >= 4 is 17.9 Å². The molecule has 1 saturated heterocycles. The number of aromatic nitrogens is 1. The maximum absolute atomic E-state index is 11.8. The number of piperidine rings is 1. The van der Waals surface area contributed by atoms with Gasteiger partial charge in [-0.3, -0.25) is 0 Å². The van der Waals surface area contributed by atoms with Crippen LogP contribution in [0.25, 0.3) is 0 Å². The van der Waals surface area contributed by atoms with E-state index < -0.39 is 5.60 Å². The summed E-state index contributed by atoms with van der Waals surface area (Å²) in [6, 6.07) is 3.48. The first-order valence-corrected chi connectivity index (χ1v) is 8.66. The van der Waals surface area contributed by atoms with E-state index in [1.807, 2.05) is 20.8 Å². The van der Waals surface area contributed by atoms with Gasteiger partial charge in [0.2, 0.25) is 0 Å². The second-order valence-corrected chi connectivity index (χ2v) is 7.03. The highest BCUT2D eigenvalue weighted by Gasteiger charge is 2.24. The van der Waals surface area contributed by atoms with Crippen LogP contribution in [-0.4, -0.2) is 48.4 Å². The number of rotatable bonds is 4. The van der Waals surface area contributed by atoms with Gasteiger partial charge in [-0.15, -0.1) is 0 Å². The molecule has 1 amide bonds. The largest absolute Gasteiger partial charge is 0.462 e. The molecule has 7 heteroatoms. The fourth-order valence-electron chi connectivity index (χ4n) is 2.66. The van der Waals surface area contributed by atoms with Crippen LogP contribution in [0.3, 0.4) is 0 Å². The lowest BCUT2D eigenvalue weighted by Crippen LogP contribution is -2.46. The van der Waals surface area contributed by atoms with Crippen molar-refractivity contribution in [2.45, 2.75) is 52.2 Å². The Labute approximate surface area is 148 Å². The van der Waals surface area contributed by atoms with Crippen molar-refractivity contribution in [3.8, 4) is 0 Å². The molecule has 1 aliphatic heterocycles. The lowest BCUT2D eigenvalue weighted by Gasteiger charge is -2.33. The van der Waals surface area contributed by atoms with Crippen molar-refractivity contribution in [3.05, 3.63) is 23.9 Å². The topological polar surface area (TPSA) is 80.8 Å². The van der Waals surface area contributed by atoms with Crippen molar-refractivity contribution in [1.82, 2.24) is 10.3 Å². The van der Waals surface area contributed by atoms with E-state index in [9.17, 15) is 9.59 Å². The predicted octanol–water partition coefficient (Wildman–Crippen LogP) is 2.75. The van der Waals surface area contributed by atoms with Gasteiger partial charge in [0.25, 0.3) is 0 Å². The maximum atomic E-state index is 11.8. The number of nitrogens with one attached hydrogen (secondary N) is 1. The van der Waals surface area contributed by atoms with Gasteiger partial charge in [-0.1, -0.05) is 0 Å². The average Bonchev–Trinajstić information content (AvgIpc) is 2.54. The summed E-state index contributed by atoms with van der Waals surface area (Å²) >= 11 is 0. The van der Waals surface area contributed by atoms with Crippen LogP contribution in [0.4, 0.5) is 10.6 Å². The van der Waals surface area contributed by atoms with Crippen LogP contribution in [0.1, 0.15) is 50.9 Å². The van der Waals surface area contributed by atoms with Gasteiger partial charge in [0.05, 0.1) is 12.2 Å². The molecular weight excluding hydrogens is 322 g/mol. The van der Waals surface area contributed by atoms with Crippen molar-refractivity contribution in [1.29, 1.82) is 0 Å². The van der Waals surface area contributed by atoms with Crippen molar-refractivity contribution in [3.63, 3.8) is 0 Å². The maximum Gasteiger partial charge on any atom is 0.407 e. The summed E-state index contributed by atoms with van der Waals surface area (Å²) < 4.78 is 10.3. The van der Waals surface area contributed by atoms with Crippen LogP contribution in [-0.2, 0) is 9.47 Å². The summed E-state index contributed by atoms with van der Waals surface area (Å²) in [6.07, 6.45) is 2.83. The van der Waals surface area contributed by atoms with E-state index in [0.717, 1.165) is 31.7 Å². The molecule has 0 atom stereocenters. The van der Waals surface area contributed by atoms with Crippen molar-refractivity contribution in [2.24, 2.45) is 0 Å². The van der Waals surface area contributed by atoms with E-state index in [1.165, 1.54) is 0 Å². The van der Waals surface area contributed by atoms with Gasteiger partial charge < -0.3 is 19.7 Å². The second-order valence-electron chi connectivity index (χ2n) is 7.03. The van der Waals surface area contributed by atoms with Crippen LogP contribution in [0, 0.1) is 0 Å². The standard InChI is InChI=1S/C18H27N3O4/c1-5-24-16(22)13-6-9-19-15(12-13)21-10-7-14(8-11-21)20-17(23)25-18(2,3)4/h6,9,12,14H,5,7-8,10-11H2,1-4H3,(H,20,23). The zero-order valence-electron chi connectivity index (χ0n) is 15.4. The summed E-state index contributed by atoms with van der Waals surface area (Å²) in [6.45, 7) is 9.16. The molecule has 0 unspecified atom stereocenters. The first-order chi connectivity index (χ1) is 11.8. The van der Waals surface area contributed by atoms with Gasteiger partial charge in [0.15, 0.2) is 0 Å². The van der Waals surface area contributed by atoms with E-state index >= 15 is 0 Å². The Morgan fingerprint density at radius 2 is 2.00 bits per heavy atom. The number of amides is 1. The smallest absolute Gasteiger partial charge is 0.407 e. The minimum absolute atomic E-state index is 0.0827. The molecule has 1 aromatic heterocycles. The van der Waals surface area contributed by atoms with Crippen LogP contribution in [0.5, 0.6) is 0 Å². The lowest BCUT2D eigenvalue weighted by molar-refractivity contribution is 0.0493. The second kappa shape index (κ2) is 8.18. The third-order valence-electron chi connectivity index (χ3n) is 3.80. The van der Waals surface area contributed by atoms with Crippen LogP contribution in [0.15, 0.2) is 18.3 Å². The molecule has 25 heavy (non-hydrogen) atoms. The highest BCUT2D eigenvalue weighted by molar-refractivity contribution is 5.90. The number of alkyl carbamates (subject to hydrolysis) is 1. The molecule has 0 saturated carbocycles. The zero-order chi connectivity index (χ0) is 18.4. The Hall–Kier alpha value is -2.31. The van der Waals surface area contributed by atoms with E-state index in [1.54, 1.807) is 25.3 Å². The number of carbonyl (C=O) groups excluding carboxylic acids is 2. The summed E-state index contributed by atoms with van der Waals surface area (Å²) in [5, 5.41) is 2.91. The monoisotopic (exact) mass is 349 g/mol. The third-order valence-corrected chi connectivity index (χ3v) is 3.80. The van der Waals surface area contributed by atoms with Crippen LogP contribution < -0.4 is 10.2 Å². The molecule has 1 fully saturated rings. The Morgan fingerprint density at radius 1 is 1.32 bits per heavy atom. The van der Waals surface area contributed by atoms with E-state index in [-0.39, 0.29) is 18.1 Å². The fraction of sp³-hybridized carbons (Fsp3) is 0.611. The molecule has 0 aromatic carbocycles. The summed E-state index contributed by atoms with van der Waals surface area (Å²) in [5.74, 6) is 0.411. The molecule has 2 rings (SSSR count). The molecule has 0 aliphatic carbocycles. The van der Waals surface area contributed by atoms with E-state index in [0.29, 0.717) is 12.2 Å². The Balaban J connectivity index is 1.89. The fourth-order valence-corrected chi connectivity index (χ4v) is 2.66. The number of esters is 1. The summed E-state index contributed by atoms with van der Waals surface area (Å²) in [7, 11) is 0. The molecule has 1 N–H and O–H groups in total. The number of nitrogens with zero attached hydrogens (tertiary/aromatic N) is 2. The molecular formula is C18H27N3O4. The van der Waals surface area contributed by atoms with Crippen molar-refractivity contribution < 1.29 is 19.1 Å². The first kappa shape index (κ1) is 19.0. The Bertz CT molecular complexity index is 605. The molecule has 0 bridgehead atoms.